The van der Waals surface area contributed by atoms with Gasteiger partial charge in [-0.1, -0.05) is 31.0 Å². The summed E-state index contributed by atoms with van der Waals surface area (Å²) in [5.74, 6) is 4.04. The molecule has 0 aliphatic carbocycles. The first kappa shape index (κ1) is 29.8. The average molecular weight is 368 g/mol. The van der Waals surface area contributed by atoms with Gasteiger partial charge in [0.1, 0.15) is 5.75 Å². The Morgan fingerprint density at radius 3 is 1.96 bits per heavy atom. The molecule has 0 saturated heterocycles. The Labute approximate surface area is 142 Å². The zero-order valence-electron chi connectivity index (χ0n) is 13.0. The Kier molecular flexibility index (Phi) is 21.3. The van der Waals surface area contributed by atoms with Crippen LogP contribution in [0.5, 0.6) is 5.75 Å². The summed E-state index contributed by atoms with van der Waals surface area (Å²) in [5.41, 5.74) is 1.01. The number of rotatable bonds is 4. The predicted octanol–water partition coefficient (Wildman–Crippen LogP) is 5.34. The molecule has 1 nitrogen and oxygen atoms in total. The van der Waals surface area contributed by atoms with Gasteiger partial charge in [-0.05, 0) is 59.8 Å². The van der Waals surface area contributed by atoms with Gasteiger partial charge in [0.05, 0.1) is 6.61 Å². The van der Waals surface area contributed by atoms with Crippen LogP contribution in [0.15, 0.2) is 59.5 Å². The first-order valence-corrected chi connectivity index (χ1v) is 7.16. The number of benzene rings is 2. The van der Waals surface area contributed by atoms with Crippen LogP contribution >= 0.6 is 11.8 Å². The minimum absolute atomic E-state index is 0. The lowest BCUT2D eigenvalue weighted by Gasteiger charge is -2.03. The lowest BCUT2D eigenvalue weighted by atomic mass is 10.2. The van der Waals surface area contributed by atoms with Crippen LogP contribution in [0.3, 0.4) is 0 Å². The molecule has 0 amide bonds. The fraction of sp³-hybridized carbons (Fsp3) is 0.176. The Bertz CT molecular complexity index is 567. The number of hydrogen-bond donors (Lipinski definition) is 0. The van der Waals surface area contributed by atoms with E-state index in [0.717, 1.165) is 29.2 Å². The van der Waals surface area contributed by atoms with Gasteiger partial charge in [-0.3, -0.25) is 23.5 Å². The fourth-order valence-corrected chi connectivity index (χ4v) is 2.07. The molecular weight excluding hydrogens is 347 g/mol. The highest BCUT2D eigenvalue weighted by Crippen LogP contribution is 2.16. The van der Waals surface area contributed by atoms with Gasteiger partial charge < -0.3 is 4.74 Å². The highest BCUT2D eigenvalue weighted by molar-refractivity contribution is 8.03. The molecule has 0 fully saturated rings. The van der Waals surface area contributed by atoms with Crippen molar-refractivity contribution in [2.45, 2.75) is 18.2 Å². The summed E-state index contributed by atoms with van der Waals surface area (Å²) in [6.45, 7) is 2.86. The molecule has 0 saturated carbocycles. The summed E-state index contributed by atoms with van der Waals surface area (Å²) in [5, 5.41) is 3.11. The van der Waals surface area contributed by atoms with Crippen molar-refractivity contribution in [3.63, 3.8) is 0 Å². The molecule has 0 bridgehead atoms. The van der Waals surface area contributed by atoms with E-state index >= 15 is 0 Å². The van der Waals surface area contributed by atoms with Crippen LogP contribution in [0, 0.1) is 11.2 Å². The minimum Gasteiger partial charge on any atom is -0.494 e. The first-order chi connectivity index (χ1) is 9.38. The van der Waals surface area contributed by atoms with Gasteiger partial charge in [-0.15, -0.1) is 0 Å². The second-order valence-corrected chi connectivity index (χ2v) is 4.89. The van der Waals surface area contributed by atoms with E-state index in [0.29, 0.717) is 0 Å². The Balaban J connectivity index is -0.000000400. The van der Waals surface area contributed by atoms with Crippen molar-refractivity contribution in [3.8, 4) is 16.9 Å². The van der Waals surface area contributed by atoms with Gasteiger partial charge in [0, 0.05) is 10.5 Å². The minimum atomic E-state index is 0. The van der Waals surface area contributed by atoms with E-state index in [9.17, 15) is 0 Å². The van der Waals surface area contributed by atoms with Gasteiger partial charge in [0.25, 0.3) is 0 Å². The molecule has 0 aliphatic rings. The monoisotopic (exact) mass is 368 g/mol. The Morgan fingerprint density at radius 2 is 1.42 bits per heavy atom. The van der Waals surface area contributed by atoms with E-state index in [4.69, 9.17) is 4.74 Å². The van der Waals surface area contributed by atoms with Crippen molar-refractivity contribution < 1.29 is 28.3 Å². The molecule has 0 aliphatic heterocycles. The zero-order chi connectivity index (χ0) is 13.3. The van der Waals surface area contributed by atoms with Crippen molar-refractivity contribution in [1.82, 2.24) is 0 Å². The van der Waals surface area contributed by atoms with Crippen LogP contribution in [0.2, 0.25) is 0 Å². The lowest BCUT2D eigenvalue weighted by Crippen LogP contribution is -1.94. The molecule has 136 valence electrons. The largest absolute Gasteiger partial charge is 0.494 e. The maximum absolute atomic E-state index is 5.53. The molecule has 2 aromatic carbocycles. The highest BCUT2D eigenvalue weighted by atomic mass is 32.2. The standard InChI is InChI=1S/C17H16OS.5FH/c1-2-13-18-16-10-8-15(9-11-16)12-14-19-17-6-4-3-5-7-17;;;;;/h3-11H,2,13H2,1H3;5*1H. The molecule has 0 heterocycles. The zero-order valence-corrected chi connectivity index (χ0v) is 13.8. The molecule has 0 radical (unpaired) electrons. The summed E-state index contributed by atoms with van der Waals surface area (Å²) >= 11 is 1.54. The van der Waals surface area contributed by atoms with E-state index in [2.05, 4.69) is 30.2 Å². The van der Waals surface area contributed by atoms with Crippen LogP contribution in [0.25, 0.3) is 0 Å². The van der Waals surface area contributed by atoms with E-state index in [1.54, 1.807) is 11.8 Å². The van der Waals surface area contributed by atoms with Crippen LogP contribution in [-0.4, -0.2) is 6.61 Å². The van der Waals surface area contributed by atoms with Gasteiger partial charge in [0.15, 0.2) is 0 Å². The van der Waals surface area contributed by atoms with Gasteiger partial charge >= 0.3 is 0 Å². The normalized spacial score (nSPS) is 7.54. The van der Waals surface area contributed by atoms with Crippen molar-refractivity contribution in [2.24, 2.45) is 0 Å². The molecule has 0 N–H and O–H groups in total. The maximum atomic E-state index is 5.53. The maximum Gasteiger partial charge on any atom is 0.119 e. The second-order valence-electron chi connectivity index (χ2n) is 4.02. The third kappa shape index (κ3) is 10.5. The highest BCUT2D eigenvalue weighted by Gasteiger charge is 1.92. The molecular formula is C17H21F5OS. The third-order valence-corrected chi connectivity index (χ3v) is 3.15. The Hall–Kier alpha value is -2.20. The van der Waals surface area contributed by atoms with Crippen molar-refractivity contribution in [1.29, 1.82) is 0 Å². The SMILES string of the molecule is CCCOc1ccc(C#CSc2ccccc2)cc1.F.F.F.F.F. The van der Waals surface area contributed by atoms with E-state index in [1.807, 2.05) is 42.5 Å². The quantitative estimate of drug-likeness (QED) is 0.409. The molecule has 0 unspecified atom stereocenters. The number of hydrogen-bond acceptors (Lipinski definition) is 2. The second kappa shape index (κ2) is 17.2. The molecule has 0 spiro atoms. The van der Waals surface area contributed by atoms with E-state index < -0.39 is 0 Å². The van der Waals surface area contributed by atoms with Crippen molar-refractivity contribution >= 4 is 11.8 Å². The average Bonchev–Trinajstić information content (AvgIpc) is 2.47. The summed E-state index contributed by atoms with van der Waals surface area (Å²) in [7, 11) is 0. The summed E-state index contributed by atoms with van der Waals surface area (Å²) in [6, 6.07) is 18.1. The number of thioether (sulfide) groups is 1. The van der Waals surface area contributed by atoms with Crippen LogP contribution < -0.4 is 4.74 Å². The molecule has 2 aromatic rings. The van der Waals surface area contributed by atoms with Crippen LogP contribution in [0.1, 0.15) is 18.9 Å². The van der Waals surface area contributed by atoms with E-state index in [-0.39, 0.29) is 23.5 Å². The molecule has 0 atom stereocenters. The van der Waals surface area contributed by atoms with Gasteiger partial charge in [0.2, 0.25) is 0 Å². The lowest BCUT2D eigenvalue weighted by molar-refractivity contribution is 0.317. The number of ether oxygens (including phenoxy) is 1. The molecule has 7 heteroatoms. The van der Waals surface area contributed by atoms with Crippen molar-refractivity contribution in [3.05, 3.63) is 60.2 Å². The number of halogens is 5. The Morgan fingerprint density at radius 1 is 0.833 bits per heavy atom. The summed E-state index contributed by atoms with van der Waals surface area (Å²) < 4.78 is 5.53. The van der Waals surface area contributed by atoms with Gasteiger partial charge in [-0.2, -0.15) is 0 Å². The van der Waals surface area contributed by atoms with Crippen LogP contribution in [0.4, 0.5) is 23.5 Å². The summed E-state index contributed by atoms with van der Waals surface area (Å²) in [6.07, 6.45) is 1.02. The predicted molar refractivity (Wildman–Crippen MR) is 93.9 cm³/mol. The van der Waals surface area contributed by atoms with Crippen LogP contribution in [-0.2, 0) is 0 Å². The molecule has 24 heavy (non-hydrogen) atoms. The first-order valence-electron chi connectivity index (χ1n) is 6.34. The van der Waals surface area contributed by atoms with Gasteiger partial charge in [-0.25, -0.2) is 0 Å². The van der Waals surface area contributed by atoms with E-state index in [1.165, 1.54) is 0 Å². The smallest absolute Gasteiger partial charge is 0.119 e. The topological polar surface area (TPSA) is 9.23 Å². The molecule has 0 aromatic heterocycles. The molecule has 2 rings (SSSR count). The van der Waals surface area contributed by atoms with Crippen molar-refractivity contribution in [2.75, 3.05) is 6.61 Å². The summed E-state index contributed by atoms with van der Waals surface area (Å²) in [4.78, 5) is 1.16. The third-order valence-electron chi connectivity index (χ3n) is 2.43. The fourth-order valence-electron chi connectivity index (χ4n) is 1.49.